The lowest BCUT2D eigenvalue weighted by Crippen LogP contribution is -2.51. The highest BCUT2D eigenvalue weighted by Gasteiger charge is 2.45. The van der Waals surface area contributed by atoms with Crippen molar-refractivity contribution in [3.8, 4) is 0 Å². The first kappa shape index (κ1) is 14.1. The SMILES string of the molecule is CC(=O)N1CCN2c3c(cccc31)C1CN(C(C)C)CCC12. The van der Waals surface area contributed by atoms with Gasteiger partial charge in [-0.2, -0.15) is 0 Å². The summed E-state index contributed by atoms with van der Waals surface area (Å²) in [6.45, 7) is 10.4. The molecule has 1 aromatic carbocycles. The molecule has 0 aliphatic carbocycles. The summed E-state index contributed by atoms with van der Waals surface area (Å²) >= 11 is 0. The number of fused-ring (bicyclic) bond motifs is 3. The van der Waals surface area contributed by atoms with Gasteiger partial charge in [0.1, 0.15) is 0 Å². The summed E-state index contributed by atoms with van der Waals surface area (Å²) in [5, 5.41) is 0. The molecule has 3 aliphatic rings. The van der Waals surface area contributed by atoms with Gasteiger partial charge in [-0.15, -0.1) is 0 Å². The Kier molecular flexibility index (Phi) is 3.19. The predicted molar refractivity (Wildman–Crippen MR) is 89.7 cm³/mol. The Morgan fingerprint density at radius 2 is 2.05 bits per heavy atom. The fraction of sp³-hybridized carbons (Fsp3) is 0.611. The topological polar surface area (TPSA) is 26.8 Å². The van der Waals surface area contributed by atoms with E-state index in [1.54, 1.807) is 6.92 Å². The largest absolute Gasteiger partial charge is 0.364 e. The van der Waals surface area contributed by atoms with Crippen molar-refractivity contribution in [2.24, 2.45) is 0 Å². The number of carbonyl (C=O) groups is 1. The van der Waals surface area contributed by atoms with E-state index in [0.717, 1.165) is 25.3 Å². The number of amides is 1. The van der Waals surface area contributed by atoms with Crippen LogP contribution in [-0.4, -0.2) is 49.1 Å². The van der Waals surface area contributed by atoms with Crippen molar-refractivity contribution in [2.75, 3.05) is 36.0 Å². The van der Waals surface area contributed by atoms with Gasteiger partial charge in [0.25, 0.3) is 0 Å². The lowest BCUT2D eigenvalue weighted by molar-refractivity contribution is -0.116. The zero-order chi connectivity index (χ0) is 15.4. The molecular formula is C18H25N3O. The Morgan fingerprint density at radius 1 is 1.23 bits per heavy atom. The van der Waals surface area contributed by atoms with Gasteiger partial charge >= 0.3 is 0 Å². The lowest BCUT2D eigenvalue weighted by atomic mass is 9.88. The van der Waals surface area contributed by atoms with E-state index in [9.17, 15) is 4.79 Å². The van der Waals surface area contributed by atoms with Crippen LogP contribution in [0, 0.1) is 0 Å². The van der Waals surface area contributed by atoms with Crippen molar-refractivity contribution >= 4 is 17.3 Å². The zero-order valence-corrected chi connectivity index (χ0v) is 13.7. The van der Waals surface area contributed by atoms with Crippen molar-refractivity contribution in [2.45, 2.75) is 45.2 Å². The second-order valence-electron chi connectivity index (χ2n) is 7.13. The van der Waals surface area contributed by atoms with Crippen LogP contribution in [0.3, 0.4) is 0 Å². The Labute approximate surface area is 132 Å². The number of piperidine rings is 1. The maximum atomic E-state index is 12.0. The molecule has 2 unspecified atom stereocenters. The van der Waals surface area contributed by atoms with Crippen molar-refractivity contribution < 1.29 is 4.79 Å². The van der Waals surface area contributed by atoms with Crippen molar-refractivity contribution in [3.05, 3.63) is 23.8 Å². The van der Waals surface area contributed by atoms with E-state index < -0.39 is 0 Å². The molecule has 1 aromatic rings. The third kappa shape index (κ3) is 1.89. The number of carbonyl (C=O) groups excluding carboxylic acids is 1. The van der Waals surface area contributed by atoms with E-state index in [0.29, 0.717) is 18.0 Å². The van der Waals surface area contributed by atoms with E-state index in [1.807, 2.05) is 4.90 Å². The molecule has 0 saturated carbocycles. The number of para-hydroxylation sites is 1. The molecule has 0 N–H and O–H groups in total. The Balaban J connectivity index is 1.76. The Bertz CT molecular complexity index is 612. The average molecular weight is 299 g/mol. The average Bonchev–Trinajstić information content (AvgIpc) is 2.83. The van der Waals surface area contributed by atoms with Gasteiger partial charge in [0.2, 0.25) is 5.91 Å². The molecule has 0 bridgehead atoms. The second-order valence-corrected chi connectivity index (χ2v) is 7.13. The Morgan fingerprint density at radius 3 is 2.77 bits per heavy atom. The molecule has 1 fully saturated rings. The first-order chi connectivity index (χ1) is 10.6. The summed E-state index contributed by atoms with van der Waals surface area (Å²) in [4.78, 5) is 19.1. The van der Waals surface area contributed by atoms with Gasteiger partial charge in [-0.05, 0) is 31.9 Å². The smallest absolute Gasteiger partial charge is 0.223 e. The number of rotatable bonds is 1. The van der Waals surface area contributed by atoms with Gasteiger partial charge in [0.05, 0.1) is 11.4 Å². The summed E-state index contributed by atoms with van der Waals surface area (Å²) < 4.78 is 0. The molecule has 4 rings (SSSR count). The van der Waals surface area contributed by atoms with E-state index in [1.165, 1.54) is 24.2 Å². The maximum absolute atomic E-state index is 12.0. The van der Waals surface area contributed by atoms with Crippen LogP contribution in [-0.2, 0) is 4.79 Å². The van der Waals surface area contributed by atoms with Crippen molar-refractivity contribution in [1.29, 1.82) is 0 Å². The van der Waals surface area contributed by atoms with Crippen molar-refractivity contribution in [3.63, 3.8) is 0 Å². The monoisotopic (exact) mass is 299 g/mol. The number of likely N-dealkylation sites (tertiary alicyclic amines) is 1. The quantitative estimate of drug-likeness (QED) is 0.797. The van der Waals surface area contributed by atoms with Crippen LogP contribution in [0.4, 0.5) is 11.4 Å². The van der Waals surface area contributed by atoms with Gasteiger partial charge in [0, 0.05) is 51.1 Å². The second kappa shape index (κ2) is 4.98. The molecule has 2 atom stereocenters. The van der Waals surface area contributed by atoms with E-state index in [2.05, 4.69) is 41.8 Å². The third-order valence-corrected chi connectivity index (χ3v) is 5.71. The molecule has 118 valence electrons. The highest BCUT2D eigenvalue weighted by molar-refractivity contribution is 5.98. The van der Waals surface area contributed by atoms with Crippen molar-refractivity contribution in [1.82, 2.24) is 4.90 Å². The first-order valence-electron chi connectivity index (χ1n) is 8.49. The zero-order valence-electron chi connectivity index (χ0n) is 13.7. The van der Waals surface area contributed by atoms with Gasteiger partial charge in [-0.25, -0.2) is 0 Å². The molecule has 1 saturated heterocycles. The molecule has 3 aliphatic heterocycles. The predicted octanol–water partition coefficient (Wildman–Crippen LogP) is 2.44. The molecule has 0 aromatic heterocycles. The third-order valence-electron chi connectivity index (χ3n) is 5.71. The molecule has 1 amide bonds. The molecule has 4 heteroatoms. The van der Waals surface area contributed by atoms with Crippen LogP contribution >= 0.6 is 0 Å². The van der Waals surface area contributed by atoms with Gasteiger partial charge in [-0.1, -0.05) is 12.1 Å². The minimum atomic E-state index is 0.159. The number of nitrogens with zero attached hydrogens (tertiary/aromatic N) is 3. The summed E-state index contributed by atoms with van der Waals surface area (Å²) in [6, 6.07) is 7.76. The summed E-state index contributed by atoms with van der Waals surface area (Å²) in [6.07, 6.45) is 1.23. The maximum Gasteiger partial charge on any atom is 0.223 e. The highest BCUT2D eigenvalue weighted by Crippen LogP contribution is 2.50. The van der Waals surface area contributed by atoms with Gasteiger partial charge < -0.3 is 14.7 Å². The molecule has 0 spiro atoms. The molecule has 22 heavy (non-hydrogen) atoms. The number of benzene rings is 1. The minimum Gasteiger partial charge on any atom is -0.364 e. The number of hydrogen-bond donors (Lipinski definition) is 0. The van der Waals surface area contributed by atoms with E-state index >= 15 is 0 Å². The standard InChI is InChI=1S/C18H25N3O/c1-12(2)19-8-7-16-15(11-19)14-5-4-6-17-18(14)21(16)10-9-20(17)13(3)22/h4-6,12,15-16H,7-11H2,1-3H3. The first-order valence-corrected chi connectivity index (χ1v) is 8.49. The van der Waals surface area contributed by atoms with E-state index in [-0.39, 0.29) is 5.91 Å². The van der Waals surface area contributed by atoms with Gasteiger partial charge in [0.15, 0.2) is 0 Å². The number of hydrogen-bond acceptors (Lipinski definition) is 3. The molecule has 0 radical (unpaired) electrons. The normalized spacial score (nSPS) is 27.1. The molecule has 3 heterocycles. The number of anilines is 2. The van der Waals surface area contributed by atoms with Crippen LogP contribution in [0.2, 0.25) is 0 Å². The minimum absolute atomic E-state index is 0.159. The lowest BCUT2D eigenvalue weighted by Gasteiger charge is -2.42. The molecular weight excluding hydrogens is 274 g/mol. The Hall–Kier alpha value is -1.55. The van der Waals surface area contributed by atoms with Crippen LogP contribution in [0.1, 0.15) is 38.7 Å². The highest BCUT2D eigenvalue weighted by atomic mass is 16.2. The van der Waals surface area contributed by atoms with Crippen LogP contribution in [0.15, 0.2) is 18.2 Å². The fourth-order valence-corrected chi connectivity index (χ4v) is 4.59. The van der Waals surface area contributed by atoms with Crippen LogP contribution < -0.4 is 9.80 Å². The molecule has 4 nitrogen and oxygen atoms in total. The van der Waals surface area contributed by atoms with E-state index in [4.69, 9.17) is 0 Å². The van der Waals surface area contributed by atoms with Crippen LogP contribution in [0.5, 0.6) is 0 Å². The summed E-state index contributed by atoms with van der Waals surface area (Å²) in [5.41, 5.74) is 3.92. The summed E-state index contributed by atoms with van der Waals surface area (Å²) in [5.74, 6) is 0.754. The summed E-state index contributed by atoms with van der Waals surface area (Å²) in [7, 11) is 0. The van der Waals surface area contributed by atoms with Gasteiger partial charge in [-0.3, -0.25) is 4.79 Å². The van der Waals surface area contributed by atoms with Crippen LogP contribution in [0.25, 0.3) is 0 Å². The fourth-order valence-electron chi connectivity index (χ4n) is 4.59.